The summed E-state index contributed by atoms with van der Waals surface area (Å²) in [5.74, 6) is 1.67. The summed E-state index contributed by atoms with van der Waals surface area (Å²) in [5.41, 5.74) is 0. The van der Waals surface area contributed by atoms with Gasteiger partial charge in [-0.15, -0.1) is 0 Å². The fourth-order valence-electron chi connectivity index (χ4n) is 0.675. The van der Waals surface area contributed by atoms with Gasteiger partial charge in [-0.25, -0.2) is 0 Å². The van der Waals surface area contributed by atoms with Crippen LogP contribution in [0.1, 0.15) is 0 Å². The van der Waals surface area contributed by atoms with Crippen molar-refractivity contribution < 1.29 is 29.0 Å². The zero-order chi connectivity index (χ0) is 10.1. The number of rotatable bonds is 0. The third kappa shape index (κ3) is 3.87. The van der Waals surface area contributed by atoms with Crippen molar-refractivity contribution in [1.29, 1.82) is 0 Å². The zero-order valence-corrected chi connectivity index (χ0v) is 7.38. The molecule has 0 bridgehead atoms. The average molecular weight is 204 g/mol. The Bertz CT molecular complexity index is 300. The lowest BCUT2D eigenvalue weighted by Crippen LogP contribution is -2.33. The van der Waals surface area contributed by atoms with Crippen LogP contribution in [0, 0.1) is 0 Å². The summed E-state index contributed by atoms with van der Waals surface area (Å²) in [6.07, 6.45) is 0. The highest BCUT2D eigenvalue weighted by molar-refractivity contribution is 6.46. The first kappa shape index (κ1) is 9.96. The highest BCUT2D eigenvalue weighted by Crippen LogP contribution is 2.51. The van der Waals surface area contributed by atoms with Crippen LogP contribution in [0.5, 0.6) is 17.2 Å². The molecule has 0 saturated carbocycles. The molecule has 0 spiro atoms. The van der Waals surface area contributed by atoms with E-state index in [1.54, 1.807) is 12.1 Å². The van der Waals surface area contributed by atoms with Gasteiger partial charge in [0.05, 0.1) is 0 Å². The standard InChI is InChI=1S/C6H4O2.H4O4Si/c7-4-2-1-3-5-6(4)8-5;1-5(2,3)4/h1-3,7H;1-4H. The number of phenols is 1. The largest absolute Gasteiger partial charge is 0.668 e. The van der Waals surface area contributed by atoms with Crippen molar-refractivity contribution in [3.8, 4) is 17.2 Å². The summed E-state index contributed by atoms with van der Waals surface area (Å²) < 4.78 is 4.82. The van der Waals surface area contributed by atoms with Gasteiger partial charge in [0.15, 0.2) is 11.5 Å². The lowest BCUT2D eigenvalue weighted by molar-refractivity contribution is 0.117. The van der Waals surface area contributed by atoms with Crippen LogP contribution in [0.25, 0.3) is 0 Å². The Balaban J connectivity index is 0.000000149. The lowest BCUT2D eigenvalue weighted by atomic mass is 10.3. The highest BCUT2D eigenvalue weighted by atomic mass is 28.4. The number of ether oxygens (including phenoxy) is 1. The highest BCUT2D eigenvalue weighted by Gasteiger charge is 2.23. The Morgan fingerprint density at radius 2 is 1.62 bits per heavy atom. The maximum atomic E-state index is 8.85. The van der Waals surface area contributed by atoms with Crippen LogP contribution in [-0.4, -0.2) is 33.3 Å². The molecule has 7 heteroatoms. The molecule has 13 heavy (non-hydrogen) atoms. The first-order chi connectivity index (χ1) is 5.88. The van der Waals surface area contributed by atoms with Gasteiger partial charge in [-0.2, -0.15) is 0 Å². The fraction of sp³-hybridized carbons (Fsp3) is 0. The van der Waals surface area contributed by atoms with E-state index < -0.39 is 9.05 Å². The molecule has 0 aliphatic carbocycles. The Kier molecular flexibility index (Phi) is 2.54. The number of aromatic hydroxyl groups is 1. The molecule has 0 fully saturated rings. The fourth-order valence-corrected chi connectivity index (χ4v) is 0.675. The second kappa shape index (κ2) is 3.32. The van der Waals surface area contributed by atoms with Gasteiger partial charge in [0.2, 0.25) is 5.75 Å². The zero-order valence-electron chi connectivity index (χ0n) is 6.38. The van der Waals surface area contributed by atoms with Crippen molar-refractivity contribution in [2.45, 2.75) is 0 Å². The summed E-state index contributed by atoms with van der Waals surface area (Å²) >= 11 is 0. The van der Waals surface area contributed by atoms with Crippen LogP contribution in [0.2, 0.25) is 0 Å². The molecule has 1 heterocycles. The first-order valence-electron chi connectivity index (χ1n) is 3.27. The van der Waals surface area contributed by atoms with Crippen molar-refractivity contribution in [3.05, 3.63) is 18.2 Å². The minimum atomic E-state index is -4.61. The summed E-state index contributed by atoms with van der Waals surface area (Å²) in [7, 11) is -4.61. The molecule has 2 rings (SSSR count). The van der Waals surface area contributed by atoms with Crippen LogP contribution < -0.4 is 4.74 Å². The SMILES string of the molecule is O[Si](O)(O)O.Oc1cccc2c1O2. The van der Waals surface area contributed by atoms with Gasteiger partial charge in [-0.05, 0) is 12.1 Å². The van der Waals surface area contributed by atoms with Crippen LogP contribution in [0.4, 0.5) is 0 Å². The van der Waals surface area contributed by atoms with Gasteiger partial charge in [0, 0.05) is 0 Å². The van der Waals surface area contributed by atoms with Gasteiger partial charge in [0.1, 0.15) is 0 Å². The van der Waals surface area contributed by atoms with E-state index in [-0.39, 0.29) is 5.75 Å². The maximum absolute atomic E-state index is 8.85. The summed E-state index contributed by atoms with van der Waals surface area (Å²) in [6.45, 7) is 0. The van der Waals surface area contributed by atoms with Crippen molar-refractivity contribution >= 4 is 9.05 Å². The Morgan fingerprint density at radius 1 is 1.08 bits per heavy atom. The second-order valence-corrected chi connectivity index (χ2v) is 3.51. The molecular formula is C6H8O6Si. The van der Waals surface area contributed by atoms with Crippen molar-refractivity contribution in [3.63, 3.8) is 0 Å². The molecule has 0 radical (unpaired) electrons. The molecule has 0 amide bonds. The molecule has 1 aromatic carbocycles. The Hall–Kier alpha value is -1.12. The van der Waals surface area contributed by atoms with Crippen molar-refractivity contribution in [1.82, 2.24) is 0 Å². The van der Waals surface area contributed by atoms with E-state index in [9.17, 15) is 0 Å². The van der Waals surface area contributed by atoms with Gasteiger partial charge in [0.25, 0.3) is 0 Å². The smallest absolute Gasteiger partial charge is 0.504 e. The number of fused-ring (bicyclic) bond motifs is 1. The molecule has 6 nitrogen and oxygen atoms in total. The molecule has 1 aromatic rings. The number of para-hydroxylation sites is 1. The van der Waals surface area contributed by atoms with Gasteiger partial charge in [-0.1, -0.05) is 6.07 Å². The van der Waals surface area contributed by atoms with Crippen LogP contribution in [0.3, 0.4) is 0 Å². The van der Waals surface area contributed by atoms with Gasteiger partial charge in [-0.3, -0.25) is 0 Å². The molecular weight excluding hydrogens is 196 g/mol. The molecule has 5 N–H and O–H groups in total. The Morgan fingerprint density at radius 3 is 2.00 bits per heavy atom. The summed E-state index contributed by atoms with van der Waals surface area (Å²) in [6, 6.07) is 5.17. The van der Waals surface area contributed by atoms with Gasteiger partial charge < -0.3 is 29.0 Å². The summed E-state index contributed by atoms with van der Waals surface area (Å²) in [5, 5.41) is 8.85. The van der Waals surface area contributed by atoms with Crippen LogP contribution >= 0.6 is 0 Å². The number of hydrogen-bond acceptors (Lipinski definition) is 6. The van der Waals surface area contributed by atoms with E-state index in [1.165, 1.54) is 0 Å². The molecule has 0 atom stereocenters. The lowest BCUT2D eigenvalue weighted by Gasteiger charge is -1.91. The molecule has 72 valence electrons. The third-order valence-corrected chi connectivity index (χ3v) is 1.13. The van der Waals surface area contributed by atoms with E-state index in [0.717, 1.165) is 5.75 Å². The van der Waals surface area contributed by atoms with E-state index in [4.69, 9.17) is 29.0 Å². The molecule has 1 aliphatic rings. The van der Waals surface area contributed by atoms with E-state index >= 15 is 0 Å². The third-order valence-electron chi connectivity index (χ3n) is 1.13. The molecule has 0 saturated heterocycles. The van der Waals surface area contributed by atoms with Crippen molar-refractivity contribution in [2.24, 2.45) is 0 Å². The van der Waals surface area contributed by atoms with Crippen LogP contribution in [0.15, 0.2) is 18.2 Å². The molecule has 0 aromatic heterocycles. The number of benzene rings is 1. The van der Waals surface area contributed by atoms with E-state index in [0.29, 0.717) is 5.75 Å². The maximum Gasteiger partial charge on any atom is 0.668 e. The normalized spacial score (nSPS) is 12.0. The first-order valence-corrected chi connectivity index (χ1v) is 5.06. The molecule has 1 aliphatic heterocycles. The quantitative estimate of drug-likeness (QED) is 0.274. The topological polar surface area (TPSA) is 114 Å². The minimum Gasteiger partial charge on any atom is -0.504 e. The summed E-state index contributed by atoms with van der Waals surface area (Å²) in [4.78, 5) is 29.3. The monoisotopic (exact) mass is 204 g/mol. The predicted octanol–water partition coefficient (Wildman–Crippen LogP) is -1.11. The minimum absolute atomic E-state index is 0.238. The second-order valence-electron chi connectivity index (χ2n) is 2.31. The van der Waals surface area contributed by atoms with Gasteiger partial charge >= 0.3 is 9.05 Å². The number of hydrogen-bond donors (Lipinski definition) is 5. The van der Waals surface area contributed by atoms with E-state index in [1.807, 2.05) is 6.07 Å². The van der Waals surface area contributed by atoms with Crippen molar-refractivity contribution in [2.75, 3.05) is 0 Å². The van der Waals surface area contributed by atoms with Crippen LogP contribution in [-0.2, 0) is 0 Å². The Labute approximate surface area is 74.4 Å². The average Bonchev–Trinajstić information content (AvgIpc) is 2.62. The van der Waals surface area contributed by atoms with E-state index in [2.05, 4.69) is 0 Å². The predicted molar refractivity (Wildman–Crippen MR) is 42.8 cm³/mol. The number of phenolic OH excluding ortho intramolecular Hbond substituents is 1. The molecule has 0 unspecified atom stereocenters.